The van der Waals surface area contributed by atoms with Crippen LogP contribution in [0, 0.1) is 0 Å². The minimum absolute atomic E-state index is 0.0549. The third-order valence-corrected chi connectivity index (χ3v) is 6.76. The summed E-state index contributed by atoms with van der Waals surface area (Å²) in [6.45, 7) is -1.61. The van der Waals surface area contributed by atoms with Gasteiger partial charge in [-0.1, -0.05) is 6.42 Å². The highest BCUT2D eigenvalue weighted by Gasteiger charge is 2.42. The summed E-state index contributed by atoms with van der Waals surface area (Å²) >= 11 is 0. The summed E-state index contributed by atoms with van der Waals surface area (Å²) < 4.78 is 73.5. The molecule has 0 spiro atoms. The monoisotopic (exact) mass is 519 g/mol. The Kier molecular flexibility index (Phi) is 7.06. The van der Waals surface area contributed by atoms with Gasteiger partial charge in [0.2, 0.25) is 11.8 Å². The van der Waals surface area contributed by atoms with Crippen LogP contribution in [0.3, 0.4) is 0 Å². The van der Waals surface area contributed by atoms with Gasteiger partial charge in [0.25, 0.3) is 5.92 Å². The van der Waals surface area contributed by atoms with E-state index in [4.69, 9.17) is 10.5 Å². The molecule has 2 aliphatic heterocycles. The Morgan fingerprint density at radius 3 is 2.53 bits per heavy atom. The van der Waals surface area contributed by atoms with E-state index >= 15 is 0 Å². The predicted molar refractivity (Wildman–Crippen MR) is 113 cm³/mol. The number of likely N-dealkylation sites (tertiary alicyclic amines) is 1. The van der Waals surface area contributed by atoms with E-state index in [0.29, 0.717) is 12.8 Å². The lowest BCUT2D eigenvalue weighted by molar-refractivity contribution is -0.150. The van der Waals surface area contributed by atoms with E-state index in [1.165, 1.54) is 4.90 Å². The average Bonchev–Trinajstić information content (AvgIpc) is 2.72. The number of carbonyl (C=O) groups is 3. The number of ether oxygens (including phenoxy) is 1. The quantitative estimate of drug-likeness (QED) is 0.578. The molecule has 1 saturated heterocycles. The Labute approximate surface area is 203 Å². The van der Waals surface area contributed by atoms with Crippen molar-refractivity contribution in [3.63, 3.8) is 0 Å². The second-order valence-corrected chi connectivity index (χ2v) is 9.44. The van der Waals surface area contributed by atoms with Gasteiger partial charge in [0.1, 0.15) is 11.9 Å². The van der Waals surface area contributed by atoms with Gasteiger partial charge >= 0.3 is 12.3 Å². The van der Waals surface area contributed by atoms with Gasteiger partial charge in [-0.2, -0.15) is 13.2 Å². The number of nitrogens with zero attached hydrogens (tertiary/aromatic N) is 4. The molecule has 36 heavy (non-hydrogen) atoms. The average molecular weight is 519 g/mol. The summed E-state index contributed by atoms with van der Waals surface area (Å²) in [6.07, 6.45) is -6.54. The van der Waals surface area contributed by atoms with Crippen LogP contribution < -0.4 is 5.73 Å². The van der Waals surface area contributed by atoms with Crippen molar-refractivity contribution in [3.05, 3.63) is 22.8 Å². The summed E-state index contributed by atoms with van der Waals surface area (Å²) in [5, 5.41) is 0. The molecule has 0 aromatic carbocycles. The molecule has 198 valence electrons. The van der Waals surface area contributed by atoms with Gasteiger partial charge < -0.3 is 20.3 Å². The van der Waals surface area contributed by atoms with Crippen LogP contribution in [-0.4, -0.2) is 69.3 Å². The second kappa shape index (κ2) is 9.77. The van der Waals surface area contributed by atoms with Crippen molar-refractivity contribution < 1.29 is 41.1 Å². The zero-order chi connectivity index (χ0) is 26.3. The molecular weight excluding hydrogens is 493 g/mol. The van der Waals surface area contributed by atoms with E-state index < -0.39 is 74.2 Å². The minimum Gasteiger partial charge on any atom is -0.444 e. The van der Waals surface area contributed by atoms with Crippen molar-refractivity contribution in [2.75, 3.05) is 19.6 Å². The molecule has 3 amide bonds. The number of amides is 3. The zero-order valence-corrected chi connectivity index (χ0v) is 19.3. The van der Waals surface area contributed by atoms with Gasteiger partial charge in [-0.3, -0.25) is 9.59 Å². The minimum atomic E-state index is -4.67. The van der Waals surface area contributed by atoms with E-state index in [0.717, 1.165) is 11.3 Å². The highest BCUT2D eigenvalue weighted by molar-refractivity contribution is 5.79. The Balaban J connectivity index is 1.49. The first-order chi connectivity index (χ1) is 16.8. The van der Waals surface area contributed by atoms with Crippen LogP contribution in [0.1, 0.15) is 67.2 Å². The second-order valence-electron chi connectivity index (χ2n) is 9.44. The van der Waals surface area contributed by atoms with Crippen molar-refractivity contribution in [1.82, 2.24) is 19.8 Å². The van der Waals surface area contributed by atoms with E-state index in [1.807, 2.05) is 0 Å². The largest absolute Gasteiger partial charge is 0.444 e. The number of halogens is 5. The molecule has 3 heterocycles. The lowest BCUT2D eigenvalue weighted by Gasteiger charge is -2.35. The number of primary amides is 1. The van der Waals surface area contributed by atoms with Crippen molar-refractivity contribution in [2.24, 2.45) is 5.73 Å². The molecule has 1 aliphatic carbocycles. The van der Waals surface area contributed by atoms with Crippen LogP contribution in [-0.2, 0) is 33.5 Å². The number of piperidine rings is 1. The molecule has 1 saturated carbocycles. The smallest absolute Gasteiger partial charge is 0.433 e. The fourth-order valence-corrected chi connectivity index (χ4v) is 4.68. The van der Waals surface area contributed by atoms with Gasteiger partial charge in [-0.25, -0.2) is 23.5 Å². The molecule has 1 aromatic rings. The van der Waals surface area contributed by atoms with Crippen molar-refractivity contribution in [2.45, 2.75) is 75.6 Å². The summed E-state index contributed by atoms with van der Waals surface area (Å²) in [6, 6.07) is 0. The number of hydrogen-bond acceptors (Lipinski definition) is 6. The van der Waals surface area contributed by atoms with E-state index in [2.05, 4.69) is 9.97 Å². The maximum Gasteiger partial charge on any atom is 0.433 e. The van der Waals surface area contributed by atoms with E-state index in [9.17, 15) is 36.3 Å². The normalized spacial score (nSPS) is 21.0. The fraction of sp³-hybridized carbons (Fsp3) is 0.682. The summed E-state index contributed by atoms with van der Waals surface area (Å²) in [4.78, 5) is 46.7. The van der Waals surface area contributed by atoms with Gasteiger partial charge in [-0.15, -0.1) is 0 Å². The number of alkyl halides is 5. The molecule has 14 heteroatoms. The van der Waals surface area contributed by atoms with Crippen LogP contribution in [0.5, 0.6) is 0 Å². The molecular formula is C22H26F5N5O4. The summed E-state index contributed by atoms with van der Waals surface area (Å²) in [5.74, 6) is -4.32. The molecule has 2 N–H and O–H groups in total. The highest BCUT2D eigenvalue weighted by atomic mass is 19.4. The van der Waals surface area contributed by atoms with Gasteiger partial charge in [0.15, 0.2) is 5.69 Å². The van der Waals surface area contributed by atoms with Crippen LogP contribution in [0.2, 0.25) is 0 Å². The Bertz CT molecular complexity index is 1050. The molecule has 0 radical (unpaired) electrons. The number of nitrogens with two attached hydrogens (primary N) is 1. The lowest BCUT2D eigenvalue weighted by atomic mass is 9.84. The lowest BCUT2D eigenvalue weighted by Crippen LogP contribution is -2.50. The molecule has 0 bridgehead atoms. The summed E-state index contributed by atoms with van der Waals surface area (Å²) in [7, 11) is 0. The maximum atomic E-state index is 13.8. The molecule has 2 fully saturated rings. The number of fused-ring (bicyclic) bond motifs is 1. The Morgan fingerprint density at radius 2 is 1.92 bits per heavy atom. The fourth-order valence-electron chi connectivity index (χ4n) is 4.68. The van der Waals surface area contributed by atoms with Gasteiger partial charge in [0.05, 0.1) is 31.7 Å². The topological polar surface area (TPSA) is 119 Å². The van der Waals surface area contributed by atoms with Crippen LogP contribution in [0.4, 0.5) is 26.7 Å². The summed E-state index contributed by atoms with van der Waals surface area (Å²) in [5.41, 5.74) is 4.13. The number of carbonyl (C=O) groups excluding carboxylic acids is 3. The van der Waals surface area contributed by atoms with Crippen LogP contribution >= 0.6 is 0 Å². The molecule has 1 atom stereocenters. The standard InChI is InChI=1S/C22H26F5N5O4/c23-21(24)6-4-16(33)32(11-21)9-13(36-20(28)35)8-17(34)31-7-5-14-15(10-31)29-19(12-2-1-3-12)30-18(14)22(25,26)27/h12-13H,1-11H2,(H2,28,35)/t13-/m0/s1. The van der Waals surface area contributed by atoms with Gasteiger partial charge in [0, 0.05) is 30.9 Å². The van der Waals surface area contributed by atoms with E-state index in [1.54, 1.807) is 0 Å². The van der Waals surface area contributed by atoms with Gasteiger partial charge in [-0.05, 0) is 19.3 Å². The first-order valence-electron chi connectivity index (χ1n) is 11.7. The highest BCUT2D eigenvalue weighted by Crippen LogP contribution is 2.39. The number of rotatable bonds is 6. The van der Waals surface area contributed by atoms with Crippen LogP contribution in [0.25, 0.3) is 0 Å². The predicted octanol–water partition coefficient (Wildman–Crippen LogP) is 2.76. The molecule has 0 unspecified atom stereocenters. The maximum absolute atomic E-state index is 13.8. The molecule has 3 aliphatic rings. The Hall–Kier alpha value is -3.06. The first kappa shape index (κ1) is 26.0. The van der Waals surface area contributed by atoms with Crippen LogP contribution in [0.15, 0.2) is 0 Å². The molecule has 9 nitrogen and oxygen atoms in total. The molecule has 4 rings (SSSR count). The third-order valence-electron chi connectivity index (χ3n) is 6.76. The van der Waals surface area contributed by atoms with E-state index in [-0.39, 0.29) is 42.5 Å². The third kappa shape index (κ3) is 5.84. The molecule has 1 aromatic heterocycles. The SMILES string of the molecule is NC(=O)O[C@@H](CC(=O)N1CCc2c(nc(C3CCC3)nc2C(F)(F)F)C1)CN1CC(F)(F)CCC1=O. The zero-order valence-electron chi connectivity index (χ0n) is 19.3. The van der Waals surface area contributed by atoms with Crippen molar-refractivity contribution in [3.8, 4) is 0 Å². The Morgan fingerprint density at radius 1 is 1.19 bits per heavy atom. The van der Waals surface area contributed by atoms with Crippen molar-refractivity contribution in [1.29, 1.82) is 0 Å². The van der Waals surface area contributed by atoms with Crippen molar-refractivity contribution >= 4 is 17.9 Å². The number of aromatic nitrogens is 2. The number of hydrogen-bond donors (Lipinski definition) is 1. The first-order valence-corrected chi connectivity index (χ1v) is 11.7.